The second-order valence-electron chi connectivity index (χ2n) is 5.49. The van der Waals surface area contributed by atoms with Gasteiger partial charge in [0.05, 0.1) is 5.02 Å². The van der Waals surface area contributed by atoms with Crippen LogP contribution in [0.5, 0.6) is 5.75 Å². The molecule has 18 heavy (non-hydrogen) atoms. The average Bonchev–Trinajstić information content (AvgIpc) is 2.21. The van der Waals surface area contributed by atoms with Crippen LogP contribution in [0.1, 0.15) is 27.2 Å². The molecular formula is C13H19Cl2NO2. The van der Waals surface area contributed by atoms with Crippen molar-refractivity contribution in [2.75, 3.05) is 0 Å². The van der Waals surface area contributed by atoms with Gasteiger partial charge in [0.2, 0.25) is 0 Å². The highest BCUT2D eigenvalue weighted by Gasteiger charge is 2.23. The lowest BCUT2D eigenvalue weighted by Gasteiger charge is -2.27. The maximum Gasteiger partial charge on any atom is 0.173 e. The number of benzene rings is 1. The van der Waals surface area contributed by atoms with Crippen LogP contribution in [0.25, 0.3) is 0 Å². The predicted octanol–water partition coefficient (Wildman–Crippen LogP) is 3.45. The van der Waals surface area contributed by atoms with Crippen LogP contribution in [0.15, 0.2) is 18.2 Å². The molecule has 1 aromatic rings. The van der Waals surface area contributed by atoms with Crippen LogP contribution in [0.2, 0.25) is 10.0 Å². The van der Waals surface area contributed by atoms with Crippen LogP contribution < -0.4 is 10.5 Å². The van der Waals surface area contributed by atoms with E-state index in [0.717, 1.165) is 0 Å². The standard InChI is InChI=1S/C13H19Cl2NO2/c1-13(2,3)7-10(17)12(16)18-11-6-8(14)4-5-9(11)15/h4-6,10,12,17H,7,16H2,1-3H3. The van der Waals surface area contributed by atoms with Gasteiger partial charge in [-0.3, -0.25) is 5.73 Å². The number of aliphatic hydroxyl groups excluding tert-OH is 1. The Morgan fingerprint density at radius 1 is 1.33 bits per heavy atom. The van der Waals surface area contributed by atoms with Crippen LogP contribution >= 0.6 is 23.2 Å². The third-order valence-electron chi connectivity index (χ3n) is 2.36. The van der Waals surface area contributed by atoms with Gasteiger partial charge in [0.25, 0.3) is 0 Å². The lowest BCUT2D eigenvalue weighted by Crippen LogP contribution is -2.41. The van der Waals surface area contributed by atoms with E-state index in [2.05, 4.69) is 0 Å². The first-order valence-electron chi connectivity index (χ1n) is 5.74. The molecule has 2 atom stereocenters. The minimum absolute atomic E-state index is 0.0292. The van der Waals surface area contributed by atoms with Crippen LogP contribution in [-0.4, -0.2) is 17.4 Å². The van der Waals surface area contributed by atoms with Crippen LogP contribution in [-0.2, 0) is 0 Å². The number of halogens is 2. The molecule has 0 saturated carbocycles. The Morgan fingerprint density at radius 3 is 2.50 bits per heavy atom. The second-order valence-corrected chi connectivity index (χ2v) is 6.33. The van der Waals surface area contributed by atoms with Gasteiger partial charge in [0, 0.05) is 11.1 Å². The molecule has 102 valence electrons. The Bertz CT molecular complexity index is 404. The van der Waals surface area contributed by atoms with Gasteiger partial charge in [-0.1, -0.05) is 44.0 Å². The Balaban J connectivity index is 2.69. The topological polar surface area (TPSA) is 55.5 Å². The molecule has 2 unspecified atom stereocenters. The summed E-state index contributed by atoms with van der Waals surface area (Å²) in [6, 6.07) is 4.86. The molecule has 0 aliphatic heterocycles. The summed E-state index contributed by atoms with van der Waals surface area (Å²) in [5.74, 6) is 0.379. The van der Waals surface area contributed by atoms with E-state index in [4.69, 9.17) is 33.7 Å². The van der Waals surface area contributed by atoms with Crippen molar-refractivity contribution in [3.8, 4) is 5.75 Å². The Hall–Kier alpha value is -0.480. The predicted molar refractivity (Wildman–Crippen MR) is 75.1 cm³/mol. The zero-order valence-corrected chi connectivity index (χ0v) is 12.3. The second kappa shape index (κ2) is 6.11. The third-order valence-corrected chi connectivity index (χ3v) is 2.90. The van der Waals surface area contributed by atoms with E-state index in [-0.39, 0.29) is 5.41 Å². The first-order valence-corrected chi connectivity index (χ1v) is 6.50. The molecule has 0 bridgehead atoms. The number of aliphatic hydroxyl groups is 1. The van der Waals surface area contributed by atoms with E-state index >= 15 is 0 Å². The van der Waals surface area contributed by atoms with Crippen molar-refractivity contribution >= 4 is 23.2 Å². The van der Waals surface area contributed by atoms with Crippen molar-refractivity contribution in [1.82, 2.24) is 0 Å². The van der Waals surface area contributed by atoms with E-state index in [0.29, 0.717) is 22.2 Å². The maximum atomic E-state index is 9.95. The molecule has 0 fully saturated rings. The summed E-state index contributed by atoms with van der Waals surface area (Å²) in [7, 11) is 0. The molecule has 0 amide bonds. The van der Waals surface area contributed by atoms with Crippen molar-refractivity contribution in [1.29, 1.82) is 0 Å². The highest BCUT2D eigenvalue weighted by molar-refractivity contribution is 6.34. The normalized spacial score (nSPS) is 15.3. The van der Waals surface area contributed by atoms with E-state index < -0.39 is 12.3 Å². The summed E-state index contributed by atoms with van der Waals surface area (Å²) < 4.78 is 5.44. The molecule has 5 heteroatoms. The lowest BCUT2D eigenvalue weighted by atomic mass is 9.89. The summed E-state index contributed by atoms with van der Waals surface area (Å²) in [4.78, 5) is 0. The fourth-order valence-electron chi connectivity index (χ4n) is 1.54. The molecule has 0 radical (unpaired) electrons. The van der Waals surface area contributed by atoms with Gasteiger partial charge in [-0.25, -0.2) is 0 Å². The molecule has 3 N–H and O–H groups in total. The molecule has 3 nitrogen and oxygen atoms in total. The maximum absolute atomic E-state index is 9.95. The minimum Gasteiger partial charge on any atom is -0.471 e. The average molecular weight is 292 g/mol. The van der Waals surface area contributed by atoms with Gasteiger partial charge in [0.1, 0.15) is 11.9 Å². The molecule has 0 saturated heterocycles. The number of nitrogens with two attached hydrogens (primary N) is 1. The largest absolute Gasteiger partial charge is 0.471 e. The Kier molecular flexibility index (Phi) is 5.29. The molecule has 0 aromatic heterocycles. The van der Waals surface area contributed by atoms with Crippen molar-refractivity contribution < 1.29 is 9.84 Å². The highest BCUT2D eigenvalue weighted by Crippen LogP contribution is 2.29. The van der Waals surface area contributed by atoms with Gasteiger partial charge in [-0.15, -0.1) is 0 Å². The molecular weight excluding hydrogens is 273 g/mol. The molecule has 0 spiro atoms. The summed E-state index contributed by atoms with van der Waals surface area (Å²) in [6.07, 6.45) is -1.06. The Labute approximate surface area is 118 Å². The number of hydrogen-bond donors (Lipinski definition) is 2. The van der Waals surface area contributed by atoms with Gasteiger partial charge in [-0.2, -0.15) is 0 Å². The van der Waals surface area contributed by atoms with Crippen LogP contribution in [0, 0.1) is 5.41 Å². The van der Waals surface area contributed by atoms with Crippen molar-refractivity contribution in [2.45, 2.75) is 39.5 Å². The smallest absolute Gasteiger partial charge is 0.173 e. The first kappa shape index (κ1) is 15.6. The fourth-order valence-corrected chi connectivity index (χ4v) is 1.86. The molecule has 0 aliphatic rings. The third kappa shape index (κ3) is 5.02. The number of ether oxygens (including phenoxy) is 1. The van der Waals surface area contributed by atoms with E-state index in [1.807, 2.05) is 20.8 Å². The quantitative estimate of drug-likeness (QED) is 0.836. The molecule has 1 rings (SSSR count). The van der Waals surface area contributed by atoms with Gasteiger partial charge >= 0.3 is 0 Å². The molecule has 0 heterocycles. The fraction of sp³-hybridized carbons (Fsp3) is 0.538. The summed E-state index contributed by atoms with van der Waals surface area (Å²) in [6.45, 7) is 6.07. The summed E-state index contributed by atoms with van der Waals surface area (Å²) >= 11 is 11.8. The van der Waals surface area contributed by atoms with Gasteiger partial charge < -0.3 is 9.84 Å². The van der Waals surface area contributed by atoms with Crippen molar-refractivity contribution in [3.05, 3.63) is 28.2 Å². The molecule has 0 aliphatic carbocycles. The SMILES string of the molecule is CC(C)(C)CC(O)C(N)Oc1cc(Cl)ccc1Cl. The van der Waals surface area contributed by atoms with Gasteiger partial charge in [0.15, 0.2) is 6.23 Å². The highest BCUT2D eigenvalue weighted by atomic mass is 35.5. The first-order chi connectivity index (χ1) is 8.19. The van der Waals surface area contributed by atoms with Gasteiger partial charge in [-0.05, 0) is 24.0 Å². The monoisotopic (exact) mass is 291 g/mol. The Morgan fingerprint density at radius 2 is 1.94 bits per heavy atom. The number of rotatable bonds is 4. The zero-order chi connectivity index (χ0) is 13.9. The van der Waals surface area contributed by atoms with Crippen molar-refractivity contribution in [2.24, 2.45) is 11.1 Å². The minimum atomic E-state index is -0.833. The van der Waals surface area contributed by atoms with E-state index in [9.17, 15) is 5.11 Å². The lowest BCUT2D eigenvalue weighted by molar-refractivity contribution is 0.0142. The van der Waals surface area contributed by atoms with Crippen LogP contribution in [0.3, 0.4) is 0 Å². The van der Waals surface area contributed by atoms with E-state index in [1.165, 1.54) is 0 Å². The summed E-state index contributed by atoms with van der Waals surface area (Å²) in [5.41, 5.74) is 5.77. The zero-order valence-electron chi connectivity index (χ0n) is 10.8. The number of hydrogen-bond acceptors (Lipinski definition) is 3. The van der Waals surface area contributed by atoms with Crippen LogP contribution in [0.4, 0.5) is 0 Å². The van der Waals surface area contributed by atoms with E-state index in [1.54, 1.807) is 18.2 Å². The van der Waals surface area contributed by atoms with Crippen molar-refractivity contribution in [3.63, 3.8) is 0 Å². The summed E-state index contributed by atoms with van der Waals surface area (Å²) in [5, 5.41) is 10.9. The molecule has 1 aromatic carbocycles.